The maximum atomic E-state index is 15.9. The maximum Gasteiger partial charge on any atom is 0.327 e. The SMILES string of the molecule is CC(C)NCc1ccc(C[C@H]2C(=O)N[C@H]([C@@H](C)O)C(=O)N[C@@H](Cc3ccccc3)C(=O)N[C@@H]([C@@H](C)O)C(=O)N[C@@H](CO)C(=O)N[C@H](C(=O)O)CSSC[C@H](N)C(=O)N[C@@H](CCCCN)C(=O)N[C@@H](Cc3ccccc3)C(=O)N[C@@H](Cc3ccccc3)C(=O)N[C@H](Cc3ccc4ccccc4c3)C(=O)N2C)cc1. The summed E-state index contributed by atoms with van der Waals surface area (Å²) in [6.07, 6.45) is -3.62. The molecule has 1 heterocycles. The van der Waals surface area contributed by atoms with Crippen LogP contribution in [0.3, 0.4) is 0 Å². The molecule has 28 nitrogen and oxygen atoms in total. The molecule has 0 aromatic heterocycles. The Balaban J connectivity index is 1.34. The number of amides is 10. The summed E-state index contributed by atoms with van der Waals surface area (Å²) >= 11 is 0. The van der Waals surface area contributed by atoms with Crippen LogP contribution in [0, 0.1) is 0 Å². The molecule has 18 N–H and O–H groups in total. The number of aliphatic hydroxyl groups excluding tert-OH is 3. The van der Waals surface area contributed by atoms with Gasteiger partial charge < -0.3 is 90.0 Å². The number of fused-ring (bicyclic) bond motifs is 1. The van der Waals surface area contributed by atoms with E-state index >= 15 is 19.2 Å². The van der Waals surface area contributed by atoms with Gasteiger partial charge in [-0.05, 0) is 83.8 Å². The largest absolute Gasteiger partial charge is 0.480 e. The zero-order chi connectivity index (χ0) is 77.7. The van der Waals surface area contributed by atoms with Gasteiger partial charge in [-0.2, -0.15) is 0 Å². The van der Waals surface area contributed by atoms with Gasteiger partial charge >= 0.3 is 5.97 Å². The molecule has 0 saturated carbocycles. The molecule has 574 valence electrons. The zero-order valence-corrected chi connectivity index (χ0v) is 62.1. The van der Waals surface area contributed by atoms with Gasteiger partial charge in [-0.15, -0.1) is 0 Å². The van der Waals surface area contributed by atoms with Gasteiger partial charge in [-0.25, -0.2) is 4.79 Å². The molecule has 0 unspecified atom stereocenters. The Morgan fingerprint density at radius 3 is 1.38 bits per heavy atom. The number of carboxylic acids is 1. The molecule has 1 aliphatic rings. The maximum absolute atomic E-state index is 15.9. The highest BCUT2D eigenvalue weighted by Gasteiger charge is 2.40. The fourth-order valence-electron chi connectivity index (χ4n) is 11.8. The number of carbonyl (C=O) groups excluding carboxylic acids is 10. The first-order valence-corrected chi connectivity index (χ1v) is 38.0. The van der Waals surface area contributed by atoms with Gasteiger partial charge in [0.15, 0.2) is 0 Å². The van der Waals surface area contributed by atoms with E-state index in [0.717, 1.165) is 49.7 Å². The summed E-state index contributed by atoms with van der Waals surface area (Å²) in [5.41, 5.74) is 15.9. The molecular weight excluding hydrogens is 1410 g/mol. The molecule has 0 spiro atoms. The minimum Gasteiger partial charge on any atom is -0.480 e. The summed E-state index contributed by atoms with van der Waals surface area (Å²) < 4.78 is 0. The standard InChI is InChI=1S/C77H99N13O15S2/c1-45(2)80-41-52-30-28-51(29-31-52)40-64-73(100)89-66(47(4)93)74(101)84-60(38-50-23-13-8-14-24-50)71(98)88-65(46(3)92)75(102)86-62(42-91)72(99)87-63(77(104)105)44-107-106-43-56(79)67(94)81-57(27-17-18-34-78)68(95)82-58(36-48-19-9-6-10-20-48)69(96)83-59(37-49-21-11-7-12-22-49)70(97)85-61(76(103)90(64)5)39-53-32-33-54-25-15-16-26-55(54)35-53/h6-16,19-26,28-33,35,45-47,56-66,80,91-93H,17-18,27,34,36-44,78-79H2,1-5H3,(H,81,94)(H,82,95)(H,83,96)(H,84,101)(H,85,97)(H,86,102)(H,87,99)(H,88,98)(H,89,100)(H,104,105)/t46-,47-,56+,57+,58+,59+,60+,61-,62+,63+,64+,65+,66-/m1/s1. The Morgan fingerprint density at radius 2 is 0.879 bits per heavy atom. The fraction of sp³-hybridized carbons (Fsp3) is 0.416. The summed E-state index contributed by atoms with van der Waals surface area (Å²) in [6, 6.07) is 28.4. The third kappa shape index (κ3) is 26.6. The smallest absolute Gasteiger partial charge is 0.327 e. The van der Waals surface area contributed by atoms with Gasteiger partial charge in [-0.3, -0.25) is 47.9 Å². The van der Waals surface area contributed by atoms with Gasteiger partial charge in [-0.1, -0.05) is 193 Å². The normalized spacial score (nSPS) is 23.6. The third-order valence-corrected chi connectivity index (χ3v) is 20.4. The van der Waals surface area contributed by atoms with E-state index in [9.17, 15) is 54.0 Å². The van der Waals surface area contributed by atoms with Crippen LogP contribution < -0.4 is 64.6 Å². The topological polar surface area (TPSA) is 444 Å². The molecule has 7 rings (SSSR count). The lowest BCUT2D eigenvalue weighted by atomic mass is 9.97. The Bertz CT molecular complexity index is 3960. The predicted molar refractivity (Wildman–Crippen MR) is 408 cm³/mol. The average molecular weight is 1510 g/mol. The van der Waals surface area contributed by atoms with E-state index in [1.165, 1.54) is 14.0 Å². The van der Waals surface area contributed by atoms with Gasteiger partial charge in [0.05, 0.1) is 24.9 Å². The molecule has 13 atom stereocenters. The number of unbranched alkanes of at least 4 members (excludes halogenated alkanes) is 1. The van der Waals surface area contributed by atoms with Crippen molar-refractivity contribution in [2.45, 2.75) is 170 Å². The molecule has 1 fully saturated rings. The van der Waals surface area contributed by atoms with Crippen molar-refractivity contribution in [3.63, 3.8) is 0 Å². The Labute approximate surface area is 630 Å². The van der Waals surface area contributed by atoms with E-state index in [1.54, 1.807) is 109 Å². The first-order valence-electron chi connectivity index (χ1n) is 35.5. The average Bonchev–Trinajstić information content (AvgIpc) is 0.817. The molecule has 0 radical (unpaired) electrons. The first kappa shape index (κ1) is 84.5. The second-order valence-corrected chi connectivity index (χ2v) is 29.4. The van der Waals surface area contributed by atoms with Gasteiger partial charge in [0.1, 0.15) is 60.4 Å². The quantitative estimate of drug-likeness (QED) is 0.0349. The molecule has 30 heteroatoms. The van der Waals surface area contributed by atoms with E-state index in [1.807, 2.05) is 62.4 Å². The number of hydrogen-bond donors (Lipinski definition) is 16. The molecule has 1 saturated heterocycles. The second kappa shape index (κ2) is 42.5. The molecule has 107 heavy (non-hydrogen) atoms. The fourth-order valence-corrected chi connectivity index (χ4v) is 14.0. The molecule has 1 aliphatic heterocycles. The molecule has 10 amide bonds. The van der Waals surface area contributed by atoms with Crippen LogP contribution in [-0.4, -0.2) is 207 Å². The van der Waals surface area contributed by atoms with Crippen molar-refractivity contribution in [3.05, 3.63) is 191 Å². The van der Waals surface area contributed by atoms with E-state index in [0.29, 0.717) is 47.2 Å². The van der Waals surface area contributed by atoms with Gasteiger partial charge in [0, 0.05) is 63.2 Å². The van der Waals surface area contributed by atoms with Crippen LogP contribution >= 0.6 is 21.6 Å². The lowest BCUT2D eigenvalue weighted by Gasteiger charge is -2.33. The van der Waals surface area contributed by atoms with Crippen LogP contribution in [0.1, 0.15) is 80.3 Å². The number of nitrogens with two attached hydrogens (primary N) is 2. The summed E-state index contributed by atoms with van der Waals surface area (Å²) in [6.45, 7) is 5.95. The molecule has 0 aliphatic carbocycles. The van der Waals surface area contributed by atoms with Crippen molar-refractivity contribution in [1.82, 2.24) is 58.1 Å². The molecule has 0 bridgehead atoms. The first-order chi connectivity index (χ1) is 51.2. The van der Waals surface area contributed by atoms with Crippen LogP contribution in [0.25, 0.3) is 10.8 Å². The monoisotopic (exact) mass is 1510 g/mol. The van der Waals surface area contributed by atoms with Crippen LogP contribution in [0.4, 0.5) is 0 Å². The highest BCUT2D eigenvalue weighted by atomic mass is 33.1. The molecular formula is C77H99N13O15S2. The van der Waals surface area contributed by atoms with Crippen LogP contribution in [0.5, 0.6) is 0 Å². The van der Waals surface area contributed by atoms with Crippen molar-refractivity contribution in [3.8, 4) is 0 Å². The van der Waals surface area contributed by atoms with E-state index in [2.05, 4.69) is 53.2 Å². The van der Waals surface area contributed by atoms with Gasteiger partial charge in [0.2, 0.25) is 59.1 Å². The highest BCUT2D eigenvalue weighted by molar-refractivity contribution is 8.76. The summed E-state index contributed by atoms with van der Waals surface area (Å²) in [5.74, 6) is -11.8. The second-order valence-electron chi connectivity index (χ2n) is 26.8. The molecule has 6 aromatic rings. The van der Waals surface area contributed by atoms with Crippen molar-refractivity contribution >= 4 is 97.4 Å². The van der Waals surface area contributed by atoms with Crippen molar-refractivity contribution in [1.29, 1.82) is 0 Å². The number of nitrogens with one attached hydrogen (secondary N) is 10. The highest BCUT2D eigenvalue weighted by Crippen LogP contribution is 2.24. The lowest BCUT2D eigenvalue weighted by molar-refractivity contribution is -0.143. The number of aliphatic hydroxyl groups is 3. The zero-order valence-electron chi connectivity index (χ0n) is 60.5. The van der Waals surface area contributed by atoms with Crippen molar-refractivity contribution < 1.29 is 73.2 Å². The van der Waals surface area contributed by atoms with E-state index in [-0.39, 0.29) is 62.6 Å². The number of likely N-dealkylation sites (N-methyl/N-ethyl adjacent to an activating group) is 1. The van der Waals surface area contributed by atoms with Crippen LogP contribution in [-0.2, 0) is 91.4 Å². The van der Waals surface area contributed by atoms with E-state index in [4.69, 9.17) is 11.5 Å². The summed E-state index contributed by atoms with van der Waals surface area (Å²) in [7, 11) is 3.18. The minimum atomic E-state index is -1.91. The Kier molecular flexibility index (Phi) is 33.6. The number of nitrogens with zero attached hydrogens (tertiary/aromatic N) is 1. The van der Waals surface area contributed by atoms with Crippen LogP contribution in [0.15, 0.2) is 158 Å². The van der Waals surface area contributed by atoms with E-state index < -0.39 is 150 Å². The minimum absolute atomic E-state index is 0.0312. The van der Waals surface area contributed by atoms with Crippen molar-refractivity contribution in [2.75, 3.05) is 31.7 Å². The summed E-state index contributed by atoms with van der Waals surface area (Å²) in [5, 5.41) is 71.6. The number of benzene rings is 6. The van der Waals surface area contributed by atoms with Gasteiger partial charge in [0.25, 0.3) is 0 Å². The van der Waals surface area contributed by atoms with Crippen molar-refractivity contribution in [2.24, 2.45) is 11.5 Å². The Morgan fingerprint density at radius 1 is 0.467 bits per heavy atom. The van der Waals surface area contributed by atoms with Crippen LogP contribution in [0.2, 0.25) is 0 Å². The number of rotatable bonds is 21. The predicted octanol–water partition coefficient (Wildman–Crippen LogP) is 0.731. The Hall–Kier alpha value is -9.79. The molecule has 6 aromatic carbocycles. The number of aliphatic carboxylic acids is 1. The number of carboxylic acid groups (broad SMARTS) is 1. The number of carbonyl (C=O) groups is 11. The number of hydrogen-bond acceptors (Lipinski definition) is 19. The lowest BCUT2D eigenvalue weighted by Crippen LogP contribution is -2.63. The third-order valence-electron chi connectivity index (χ3n) is 17.9. The summed E-state index contributed by atoms with van der Waals surface area (Å²) in [4.78, 5) is 162.